The average molecular weight is 343 g/mol. The summed E-state index contributed by atoms with van der Waals surface area (Å²) in [7, 11) is 1.65. The van der Waals surface area contributed by atoms with Gasteiger partial charge >= 0.3 is 0 Å². The number of fused-ring (bicyclic) bond motifs is 1. The zero-order chi connectivity index (χ0) is 17.1. The van der Waals surface area contributed by atoms with Crippen molar-refractivity contribution >= 4 is 5.82 Å². The van der Waals surface area contributed by atoms with Crippen molar-refractivity contribution in [1.82, 2.24) is 9.97 Å². The fourth-order valence-electron chi connectivity index (χ4n) is 3.02. The predicted octanol–water partition coefficient (Wildman–Crippen LogP) is 2.47. The maximum Gasteiger partial charge on any atom is 0.231 e. The molecular formula is C18H21N3O4. The van der Waals surface area contributed by atoms with Crippen LogP contribution >= 0.6 is 0 Å². The molecule has 2 aliphatic rings. The van der Waals surface area contributed by atoms with Gasteiger partial charge in [-0.15, -0.1) is 0 Å². The first kappa shape index (κ1) is 16.1. The molecule has 2 aromatic rings. The van der Waals surface area contributed by atoms with Crippen LogP contribution in [0.4, 0.5) is 5.82 Å². The molecule has 0 unspecified atom stereocenters. The van der Waals surface area contributed by atoms with E-state index in [4.69, 9.17) is 18.9 Å². The van der Waals surface area contributed by atoms with E-state index in [2.05, 4.69) is 15.3 Å². The molecule has 1 aromatic carbocycles. The van der Waals surface area contributed by atoms with E-state index < -0.39 is 0 Å². The number of hydrogen-bond acceptors (Lipinski definition) is 7. The first-order valence-electron chi connectivity index (χ1n) is 8.39. The number of aromatic nitrogens is 2. The van der Waals surface area contributed by atoms with Gasteiger partial charge in [0.2, 0.25) is 6.79 Å². The van der Waals surface area contributed by atoms with Crippen LogP contribution in [0, 0.1) is 0 Å². The lowest BCUT2D eigenvalue weighted by Gasteiger charge is -2.13. The van der Waals surface area contributed by atoms with E-state index in [1.807, 2.05) is 24.3 Å². The van der Waals surface area contributed by atoms with E-state index in [9.17, 15) is 0 Å². The molecular weight excluding hydrogens is 322 g/mol. The van der Waals surface area contributed by atoms with E-state index in [0.717, 1.165) is 41.6 Å². The van der Waals surface area contributed by atoms with Crippen LogP contribution in [-0.2, 0) is 22.6 Å². The number of anilines is 1. The molecule has 0 spiro atoms. The smallest absolute Gasteiger partial charge is 0.231 e. The number of rotatable bonds is 6. The van der Waals surface area contributed by atoms with Gasteiger partial charge in [0.25, 0.3) is 0 Å². The van der Waals surface area contributed by atoms with E-state index in [1.54, 1.807) is 7.11 Å². The maximum absolute atomic E-state index is 5.49. The Morgan fingerprint density at radius 2 is 2.12 bits per heavy atom. The monoisotopic (exact) mass is 343 g/mol. The number of ether oxygens (including phenoxy) is 4. The summed E-state index contributed by atoms with van der Waals surface area (Å²) in [5, 5.41) is 3.37. The van der Waals surface area contributed by atoms with Crippen LogP contribution in [0.5, 0.6) is 11.5 Å². The average Bonchev–Trinajstić information content (AvgIpc) is 3.31. The summed E-state index contributed by atoms with van der Waals surface area (Å²) in [5.41, 5.74) is 2.11. The molecule has 0 bridgehead atoms. The predicted molar refractivity (Wildman–Crippen MR) is 90.8 cm³/mol. The van der Waals surface area contributed by atoms with Crippen molar-refractivity contribution in [3.05, 3.63) is 41.3 Å². The number of nitrogens with one attached hydrogen (secondary N) is 1. The lowest BCUT2D eigenvalue weighted by atomic mass is 10.0. The van der Waals surface area contributed by atoms with Crippen molar-refractivity contribution in [3.63, 3.8) is 0 Å². The summed E-state index contributed by atoms with van der Waals surface area (Å²) in [5.74, 6) is 3.37. The fourth-order valence-corrected chi connectivity index (χ4v) is 3.02. The van der Waals surface area contributed by atoms with Gasteiger partial charge < -0.3 is 24.3 Å². The molecule has 1 fully saturated rings. The molecule has 7 nitrogen and oxygen atoms in total. The van der Waals surface area contributed by atoms with Crippen LogP contribution in [0.2, 0.25) is 0 Å². The van der Waals surface area contributed by atoms with Gasteiger partial charge in [0, 0.05) is 32.2 Å². The molecule has 1 N–H and O–H groups in total. The molecule has 0 saturated carbocycles. The Balaban J connectivity index is 1.50. The van der Waals surface area contributed by atoms with Crippen LogP contribution in [0.15, 0.2) is 24.3 Å². The summed E-state index contributed by atoms with van der Waals surface area (Å²) in [6, 6.07) is 7.93. The van der Waals surface area contributed by atoms with Gasteiger partial charge in [-0.25, -0.2) is 9.97 Å². The van der Waals surface area contributed by atoms with Gasteiger partial charge in [-0.1, -0.05) is 6.07 Å². The third-order valence-electron chi connectivity index (χ3n) is 4.32. The van der Waals surface area contributed by atoms with Gasteiger partial charge in [-0.05, 0) is 24.1 Å². The molecule has 0 radical (unpaired) electrons. The highest BCUT2D eigenvalue weighted by Crippen LogP contribution is 2.32. The van der Waals surface area contributed by atoms with Gasteiger partial charge in [0.15, 0.2) is 17.3 Å². The summed E-state index contributed by atoms with van der Waals surface area (Å²) in [6.45, 7) is 2.81. The Morgan fingerprint density at radius 3 is 2.96 bits per heavy atom. The molecule has 4 rings (SSSR count). The third kappa shape index (κ3) is 3.67. The maximum atomic E-state index is 5.49. The topological polar surface area (TPSA) is 74.7 Å². The molecule has 3 heterocycles. The van der Waals surface area contributed by atoms with Crippen LogP contribution in [0.3, 0.4) is 0 Å². The quantitative estimate of drug-likeness (QED) is 0.863. The Hall–Kier alpha value is -2.38. The minimum absolute atomic E-state index is 0.283. The van der Waals surface area contributed by atoms with Gasteiger partial charge in [-0.3, -0.25) is 0 Å². The minimum atomic E-state index is 0.283. The van der Waals surface area contributed by atoms with Crippen LogP contribution < -0.4 is 14.8 Å². The van der Waals surface area contributed by atoms with Crippen LogP contribution in [0.1, 0.15) is 29.4 Å². The number of hydrogen-bond donors (Lipinski definition) is 1. The molecule has 25 heavy (non-hydrogen) atoms. The second-order valence-corrected chi connectivity index (χ2v) is 6.13. The third-order valence-corrected chi connectivity index (χ3v) is 4.32. The lowest BCUT2D eigenvalue weighted by molar-refractivity contribution is 0.174. The van der Waals surface area contributed by atoms with Crippen molar-refractivity contribution < 1.29 is 18.9 Å². The molecule has 7 heteroatoms. The van der Waals surface area contributed by atoms with Gasteiger partial charge in [0.1, 0.15) is 12.4 Å². The Kier molecular flexibility index (Phi) is 4.67. The van der Waals surface area contributed by atoms with Crippen molar-refractivity contribution in [2.24, 2.45) is 0 Å². The second-order valence-electron chi connectivity index (χ2n) is 6.13. The first-order valence-corrected chi connectivity index (χ1v) is 8.39. The van der Waals surface area contributed by atoms with Crippen molar-refractivity contribution in [3.8, 4) is 11.5 Å². The van der Waals surface area contributed by atoms with E-state index >= 15 is 0 Å². The molecule has 1 aromatic heterocycles. The molecule has 1 saturated heterocycles. The first-order chi connectivity index (χ1) is 12.3. The zero-order valence-electron chi connectivity index (χ0n) is 14.2. The van der Waals surface area contributed by atoms with Crippen molar-refractivity contribution in [2.45, 2.75) is 25.5 Å². The zero-order valence-corrected chi connectivity index (χ0v) is 14.2. The number of nitrogens with zero attached hydrogens (tertiary/aromatic N) is 2. The lowest BCUT2D eigenvalue weighted by Crippen LogP contribution is -2.10. The minimum Gasteiger partial charge on any atom is -0.454 e. The summed E-state index contributed by atoms with van der Waals surface area (Å²) < 4.78 is 21.4. The molecule has 2 aliphatic heterocycles. The number of methoxy groups -OCH3 is 1. The number of benzene rings is 1. The van der Waals surface area contributed by atoms with Crippen LogP contribution in [0.25, 0.3) is 0 Å². The van der Waals surface area contributed by atoms with Crippen molar-refractivity contribution in [2.75, 3.05) is 32.4 Å². The fraction of sp³-hybridized carbons (Fsp3) is 0.444. The summed E-state index contributed by atoms with van der Waals surface area (Å²) >= 11 is 0. The Morgan fingerprint density at radius 1 is 1.20 bits per heavy atom. The Labute approximate surface area is 146 Å². The largest absolute Gasteiger partial charge is 0.454 e. The van der Waals surface area contributed by atoms with E-state index in [1.165, 1.54) is 0 Å². The highest BCUT2D eigenvalue weighted by Gasteiger charge is 2.21. The highest BCUT2D eigenvalue weighted by atomic mass is 16.7. The van der Waals surface area contributed by atoms with E-state index in [-0.39, 0.29) is 6.79 Å². The highest BCUT2D eigenvalue weighted by molar-refractivity contribution is 5.46. The SMILES string of the molecule is COCc1nc(NCc2ccc3c(c2)OCO3)cc([C@@H]2CCOC2)n1. The van der Waals surface area contributed by atoms with E-state index in [0.29, 0.717) is 31.5 Å². The molecule has 0 amide bonds. The normalized spacial score (nSPS) is 18.5. The second kappa shape index (κ2) is 7.25. The molecule has 132 valence electrons. The van der Waals surface area contributed by atoms with Gasteiger partial charge in [0.05, 0.1) is 12.3 Å². The van der Waals surface area contributed by atoms with Crippen LogP contribution in [-0.4, -0.2) is 37.1 Å². The molecule has 1 atom stereocenters. The summed E-state index contributed by atoms with van der Waals surface area (Å²) in [4.78, 5) is 9.15. The Bertz CT molecular complexity index is 747. The molecule has 0 aliphatic carbocycles. The summed E-state index contributed by atoms with van der Waals surface area (Å²) in [6.07, 6.45) is 0.991. The standard InChI is InChI=1S/C18H21N3O4/c1-22-10-18-20-14(13-4-5-23-9-13)7-17(21-18)19-8-12-2-3-15-16(6-12)25-11-24-15/h2-3,6-7,13H,4-5,8-11H2,1H3,(H,19,20,21)/t13-/m1/s1. The van der Waals surface area contributed by atoms with Gasteiger partial charge in [-0.2, -0.15) is 0 Å². The van der Waals surface area contributed by atoms with Crippen molar-refractivity contribution in [1.29, 1.82) is 0 Å².